The number of nitrogens with zero attached hydrogens (tertiary/aromatic N) is 3. The van der Waals surface area contributed by atoms with Gasteiger partial charge in [-0.15, -0.1) is 0 Å². The maximum absolute atomic E-state index is 9.81. The summed E-state index contributed by atoms with van der Waals surface area (Å²) >= 11 is 1.63. The Bertz CT molecular complexity index is 956. The molecule has 2 aromatic heterocycles. The van der Waals surface area contributed by atoms with Crippen molar-refractivity contribution in [3.8, 4) is 0 Å². The smallest absolute Gasteiger partial charge is 0.169 e. The van der Waals surface area contributed by atoms with Crippen molar-refractivity contribution in [2.75, 3.05) is 0 Å². The number of fused-ring (bicyclic) bond motifs is 2. The van der Waals surface area contributed by atoms with E-state index in [0.717, 1.165) is 33.0 Å². The lowest BCUT2D eigenvalue weighted by Gasteiger charge is -2.10. The minimum atomic E-state index is -0.423. The van der Waals surface area contributed by atoms with Gasteiger partial charge in [-0.1, -0.05) is 36.0 Å². The molecule has 122 valence electrons. The molecule has 0 aliphatic heterocycles. The number of aromatic nitrogens is 4. The zero-order valence-corrected chi connectivity index (χ0v) is 14.1. The molecule has 0 fully saturated rings. The first-order valence-electron chi connectivity index (χ1n) is 7.90. The first kappa shape index (κ1) is 15.2. The number of para-hydroxylation sites is 4. The molecule has 5 nitrogen and oxygen atoms in total. The average molecular weight is 338 g/mol. The summed E-state index contributed by atoms with van der Waals surface area (Å²) in [5, 5.41) is 10.7. The molecule has 1 atom stereocenters. The quantitative estimate of drug-likeness (QED) is 0.546. The van der Waals surface area contributed by atoms with Crippen LogP contribution in [0.15, 0.2) is 53.7 Å². The van der Waals surface area contributed by atoms with Crippen LogP contribution in [-0.4, -0.2) is 30.7 Å². The maximum Gasteiger partial charge on any atom is 0.169 e. The number of aromatic amines is 1. The van der Waals surface area contributed by atoms with Gasteiger partial charge in [0.05, 0.1) is 40.5 Å². The van der Waals surface area contributed by atoms with Gasteiger partial charge >= 0.3 is 0 Å². The molecule has 1 unspecified atom stereocenters. The first-order chi connectivity index (χ1) is 11.7. The Morgan fingerprint density at radius 1 is 1.08 bits per heavy atom. The van der Waals surface area contributed by atoms with Crippen molar-refractivity contribution < 1.29 is 5.11 Å². The van der Waals surface area contributed by atoms with Gasteiger partial charge in [-0.3, -0.25) is 0 Å². The standard InChI is InChI=1S/C18H18N4OS/c1-12(23)10-22-16-9-5-4-8-15(16)21-18(22)24-11-17-19-13-6-2-3-7-14(13)20-17/h2-9,12,23H,10-11H2,1H3,(H,19,20). The van der Waals surface area contributed by atoms with Gasteiger partial charge in [0, 0.05) is 0 Å². The number of imidazole rings is 2. The van der Waals surface area contributed by atoms with Crippen molar-refractivity contribution >= 4 is 33.8 Å². The number of aliphatic hydroxyl groups excluding tert-OH is 1. The van der Waals surface area contributed by atoms with Gasteiger partial charge in [0.25, 0.3) is 0 Å². The Labute approximate surface area is 143 Å². The molecule has 0 bridgehead atoms. The van der Waals surface area contributed by atoms with E-state index in [1.165, 1.54) is 0 Å². The van der Waals surface area contributed by atoms with Crippen LogP contribution in [0.3, 0.4) is 0 Å². The van der Waals surface area contributed by atoms with Crippen LogP contribution < -0.4 is 0 Å². The van der Waals surface area contributed by atoms with E-state index in [1.807, 2.05) is 48.5 Å². The highest BCUT2D eigenvalue weighted by Crippen LogP contribution is 2.27. The highest BCUT2D eigenvalue weighted by Gasteiger charge is 2.13. The molecular formula is C18H18N4OS. The van der Waals surface area contributed by atoms with E-state index >= 15 is 0 Å². The lowest BCUT2D eigenvalue weighted by Crippen LogP contribution is -2.12. The van der Waals surface area contributed by atoms with E-state index < -0.39 is 6.10 Å². The van der Waals surface area contributed by atoms with Crippen LogP contribution in [0.25, 0.3) is 22.1 Å². The third-order valence-corrected chi connectivity index (χ3v) is 4.83. The van der Waals surface area contributed by atoms with Crippen LogP contribution in [0.2, 0.25) is 0 Å². The van der Waals surface area contributed by atoms with Crippen molar-refractivity contribution in [2.24, 2.45) is 0 Å². The summed E-state index contributed by atoms with van der Waals surface area (Å²) in [5.74, 6) is 1.63. The van der Waals surface area contributed by atoms with Gasteiger partial charge in [-0.25, -0.2) is 9.97 Å². The van der Waals surface area contributed by atoms with E-state index in [9.17, 15) is 5.11 Å². The normalized spacial score (nSPS) is 12.9. The minimum absolute atomic E-state index is 0.423. The summed E-state index contributed by atoms with van der Waals surface area (Å²) in [6.07, 6.45) is -0.423. The topological polar surface area (TPSA) is 66.7 Å². The van der Waals surface area contributed by atoms with Gasteiger partial charge < -0.3 is 14.7 Å². The molecule has 4 aromatic rings. The molecule has 0 radical (unpaired) electrons. The molecule has 6 heteroatoms. The summed E-state index contributed by atoms with van der Waals surface area (Å²) in [6, 6.07) is 16.0. The number of H-pyrrole nitrogens is 1. The van der Waals surface area contributed by atoms with Crippen LogP contribution in [0.5, 0.6) is 0 Å². The Morgan fingerprint density at radius 3 is 2.62 bits per heavy atom. The summed E-state index contributed by atoms with van der Waals surface area (Å²) in [7, 11) is 0. The van der Waals surface area contributed by atoms with E-state index in [0.29, 0.717) is 12.3 Å². The molecule has 0 aliphatic carbocycles. The predicted octanol–water partition coefficient (Wildman–Crippen LogP) is 3.59. The van der Waals surface area contributed by atoms with Crippen molar-refractivity contribution in [1.82, 2.24) is 19.5 Å². The Kier molecular flexibility index (Phi) is 4.00. The van der Waals surface area contributed by atoms with Gasteiger partial charge in [-0.2, -0.15) is 0 Å². The fraction of sp³-hybridized carbons (Fsp3) is 0.222. The zero-order valence-electron chi connectivity index (χ0n) is 13.3. The molecule has 2 heterocycles. The molecule has 0 saturated heterocycles. The molecule has 0 spiro atoms. The van der Waals surface area contributed by atoms with Crippen LogP contribution in [0, 0.1) is 0 Å². The monoisotopic (exact) mass is 338 g/mol. The number of aliphatic hydroxyl groups is 1. The van der Waals surface area contributed by atoms with Crippen LogP contribution in [0.4, 0.5) is 0 Å². The number of benzene rings is 2. The highest BCUT2D eigenvalue weighted by molar-refractivity contribution is 7.98. The molecule has 24 heavy (non-hydrogen) atoms. The van der Waals surface area contributed by atoms with E-state index in [4.69, 9.17) is 4.98 Å². The molecule has 0 amide bonds. The molecule has 2 aromatic carbocycles. The molecule has 2 N–H and O–H groups in total. The van der Waals surface area contributed by atoms with E-state index in [2.05, 4.69) is 14.5 Å². The average Bonchev–Trinajstić information content (AvgIpc) is 3.14. The van der Waals surface area contributed by atoms with Crippen LogP contribution >= 0.6 is 11.8 Å². The largest absolute Gasteiger partial charge is 0.392 e. The van der Waals surface area contributed by atoms with E-state index in [1.54, 1.807) is 18.7 Å². The summed E-state index contributed by atoms with van der Waals surface area (Å²) in [4.78, 5) is 12.7. The predicted molar refractivity (Wildman–Crippen MR) is 97.1 cm³/mol. The fourth-order valence-corrected chi connectivity index (χ4v) is 3.71. The van der Waals surface area contributed by atoms with Crippen molar-refractivity contribution in [3.63, 3.8) is 0 Å². The van der Waals surface area contributed by atoms with Crippen molar-refractivity contribution in [1.29, 1.82) is 0 Å². The third kappa shape index (κ3) is 2.90. The Balaban J connectivity index is 1.63. The van der Waals surface area contributed by atoms with Crippen LogP contribution in [-0.2, 0) is 12.3 Å². The summed E-state index contributed by atoms with van der Waals surface area (Å²) in [5.41, 5.74) is 4.02. The van der Waals surface area contributed by atoms with Crippen molar-refractivity contribution in [2.45, 2.75) is 30.5 Å². The number of nitrogens with one attached hydrogen (secondary N) is 1. The maximum atomic E-state index is 9.81. The molecule has 0 saturated carbocycles. The Morgan fingerprint density at radius 2 is 1.83 bits per heavy atom. The van der Waals surface area contributed by atoms with Gasteiger partial charge in [0.1, 0.15) is 5.82 Å². The number of hydrogen-bond donors (Lipinski definition) is 2. The second-order valence-corrected chi connectivity index (χ2v) is 6.77. The van der Waals surface area contributed by atoms with Gasteiger partial charge in [0.2, 0.25) is 0 Å². The lowest BCUT2D eigenvalue weighted by molar-refractivity contribution is 0.172. The van der Waals surface area contributed by atoms with Gasteiger partial charge in [-0.05, 0) is 31.2 Å². The Hall–Kier alpha value is -2.31. The molecule has 0 aliphatic rings. The SMILES string of the molecule is CC(O)Cn1c(SCc2nc3ccccc3[nH]2)nc2ccccc21. The zero-order chi connectivity index (χ0) is 16.5. The second-order valence-electron chi connectivity index (χ2n) is 5.83. The molecule has 4 rings (SSSR count). The minimum Gasteiger partial charge on any atom is -0.392 e. The van der Waals surface area contributed by atoms with E-state index in [-0.39, 0.29) is 0 Å². The lowest BCUT2D eigenvalue weighted by atomic mass is 10.3. The summed E-state index contributed by atoms with van der Waals surface area (Å²) in [6.45, 7) is 2.32. The highest BCUT2D eigenvalue weighted by atomic mass is 32.2. The second kappa shape index (κ2) is 6.30. The van der Waals surface area contributed by atoms with Crippen LogP contribution in [0.1, 0.15) is 12.7 Å². The first-order valence-corrected chi connectivity index (χ1v) is 8.89. The number of rotatable bonds is 5. The molecular weight excluding hydrogens is 320 g/mol. The summed E-state index contributed by atoms with van der Waals surface area (Å²) < 4.78 is 2.08. The number of hydrogen-bond acceptors (Lipinski definition) is 4. The van der Waals surface area contributed by atoms with Crippen molar-refractivity contribution in [3.05, 3.63) is 54.4 Å². The number of thioether (sulfide) groups is 1. The van der Waals surface area contributed by atoms with Gasteiger partial charge in [0.15, 0.2) is 5.16 Å². The third-order valence-electron chi connectivity index (χ3n) is 3.84. The fourth-order valence-electron chi connectivity index (χ4n) is 2.81.